The summed E-state index contributed by atoms with van der Waals surface area (Å²) in [6.07, 6.45) is 0. The van der Waals surface area contributed by atoms with Crippen LogP contribution in [0.5, 0.6) is 0 Å². The van der Waals surface area contributed by atoms with E-state index in [9.17, 15) is 14.0 Å². The zero-order valence-electron chi connectivity index (χ0n) is 18.2. The van der Waals surface area contributed by atoms with E-state index in [4.69, 9.17) is 0 Å². The molecule has 2 rings (SSSR count). The largest absolute Gasteiger partial charge is 0.352 e. The van der Waals surface area contributed by atoms with Gasteiger partial charge in [0.15, 0.2) is 0 Å². The number of hydrogen-bond acceptors (Lipinski definition) is 3. The van der Waals surface area contributed by atoms with Crippen molar-refractivity contribution < 1.29 is 14.0 Å². The number of hydrogen-bond donors (Lipinski definition) is 2. The molecule has 0 aromatic heterocycles. The van der Waals surface area contributed by atoms with Gasteiger partial charge in [0.2, 0.25) is 5.91 Å². The van der Waals surface area contributed by atoms with Gasteiger partial charge in [-0.1, -0.05) is 58.0 Å². The van der Waals surface area contributed by atoms with E-state index in [-0.39, 0.29) is 17.9 Å². The Morgan fingerprint density at radius 1 is 0.967 bits per heavy atom. The summed E-state index contributed by atoms with van der Waals surface area (Å²) in [5.74, 6) is -1.13. The van der Waals surface area contributed by atoms with Crippen LogP contribution in [0.1, 0.15) is 49.7 Å². The van der Waals surface area contributed by atoms with Gasteiger partial charge in [-0.15, -0.1) is 0 Å². The normalized spacial score (nSPS) is 13.2. The third-order valence-electron chi connectivity index (χ3n) is 5.25. The van der Waals surface area contributed by atoms with Crippen LogP contribution in [0.3, 0.4) is 0 Å². The second-order valence-corrected chi connectivity index (χ2v) is 7.59. The van der Waals surface area contributed by atoms with Crippen LogP contribution < -0.4 is 10.6 Å². The molecule has 0 saturated carbocycles. The van der Waals surface area contributed by atoms with Gasteiger partial charge in [-0.25, -0.2) is 4.39 Å². The predicted molar refractivity (Wildman–Crippen MR) is 118 cm³/mol. The zero-order chi connectivity index (χ0) is 22.1. The fourth-order valence-corrected chi connectivity index (χ4v) is 3.47. The minimum atomic E-state index is -0.685. The van der Waals surface area contributed by atoms with Gasteiger partial charge in [-0.05, 0) is 48.8 Å². The van der Waals surface area contributed by atoms with E-state index >= 15 is 0 Å². The highest BCUT2D eigenvalue weighted by atomic mass is 19.1. The molecule has 0 heterocycles. The lowest BCUT2D eigenvalue weighted by atomic mass is 10.0. The lowest BCUT2D eigenvalue weighted by Crippen LogP contribution is -2.51. The summed E-state index contributed by atoms with van der Waals surface area (Å²) in [5, 5.41) is 5.81. The number of amides is 2. The highest BCUT2D eigenvalue weighted by Crippen LogP contribution is 2.19. The van der Waals surface area contributed by atoms with Crippen LogP contribution in [-0.4, -0.2) is 42.4 Å². The zero-order valence-corrected chi connectivity index (χ0v) is 18.2. The fraction of sp³-hybridized carbons (Fsp3) is 0.417. The SMILES string of the molecule is CCN(CC)[C@H](CNC(=O)[C@H](NC(=O)c1ccc(F)cc1)C(C)C)c1ccccc1. The lowest BCUT2D eigenvalue weighted by molar-refractivity contribution is -0.124. The average Bonchev–Trinajstić information content (AvgIpc) is 2.75. The Morgan fingerprint density at radius 3 is 2.10 bits per heavy atom. The first-order valence-electron chi connectivity index (χ1n) is 10.5. The van der Waals surface area contributed by atoms with E-state index in [0.29, 0.717) is 12.1 Å². The molecule has 0 aliphatic heterocycles. The van der Waals surface area contributed by atoms with Crippen LogP contribution in [0.25, 0.3) is 0 Å². The van der Waals surface area contributed by atoms with E-state index in [1.165, 1.54) is 24.3 Å². The minimum Gasteiger partial charge on any atom is -0.352 e. The minimum absolute atomic E-state index is 0.0470. The second-order valence-electron chi connectivity index (χ2n) is 7.59. The van der Waals surface area contributed by atoms with E-state index in [1.807, 2.05) is 32.0 Å². The van der Waals surface area contributed by atoms with Crippen LogP contribution in [0, 0.1) is 11.7 Å². The maximum absolute atomic E-state index is 13.1. The quantitative estimate of drug-likeness (QED) is 0.623. The number of likely N-dealkylation sites (N-methyl/N-ethyl adjacent to an activating group) is 1. The molecular formula is C24H32FN3O2. The number of nitrogens with one attached hydrogen (secondary N) is 2. The highest BCUT2D eigenvalue weighted by molar-refractivity contribution is 5.97. The molecule has 2 atom stereocenters. The molecule has 2 N–H and O–H groups in total. The first-order valence-corrected chi connectivity index (χ1v) is 10.5. The van der Waals surface area contributed by atoms with Gasteiger partial charge in [0.05, 0.1) is 6.04 Å². The van der Waals surface area contributed by atoms with Crippen molar-refractivity contribution in [2.45, 2.75) is 39.8 Å². The monoisotopic (exact) mass is 413 g/mol. The number of nitrogens with zero attached hydrogens (tertiary/aromatic N) is 1. The molecule has 0 radical (unpaired) electrons. The van der Waals surface area contributed by atoms with Crippen molar-refractivity contribution in [1.29, 1.82) is 0 Å². The summed E-state index contributed by atoms with van der Waals surface area (Å²) in [5.41, 5.74) is 1.46. The Kier molecular flexibility index (Phi) is 8.99. The Balaban J connectivity index is 2.09. The Morgan fingerprint density at radius 2 is 1.57 bits per heavy atom. The average molecular weight is 414 g/mol. The molecule has 5 nitrogen and oxygen atoms in total. The fourth-order valence-electron chi connectivity index (χ4n) is 3.47. The van der Waals surface area contributed by atoms with Crippen molar-refractivity contribution in [2.75, 3.05) is 19.6 Å². The number of rotatable bonds is 10. The van der Waals surface area contributed by atoms with E-state index in [1.54, 1.807) is 0 Å². The number of halogens is 1. The van der Waals surface area contributed by atoms with Gasteiger partial charge in [0.1, 0.15) is 11.9 Å². The van der Waals surface area contributed by atoms with Gasteiger partial charge in [-0.2, -0.15) is 0 Å². The van der Waals surface area contributed by atoms with Crippen LogP contribution in [0.15, 0.2) is 54.6 Å². The summed E-state index contributed by atoms with van der Waals surface area (Å²) in [7, 11) is 0. The number of carbonyl (C=O) groups is 2. The molecule has 30 heavy (non-hydrogen) atoms. The maximum atomic E-state index is 13.1. The first-order chi connectivity index (χ1) is 14.4. The molecule has 0 unspecified atom stereocenters. The first kappa shape index (κ1) is 23.5. The maximum Gasteiger partial charge on any atom is 0.251 e. The number of benzene rings is 2. The third kappa shape index (κ3) is 6.39. The summed E-state index contributed by atoms with van der Waals surface area (Å²) in [6, 6.07) is 14.7. The molecule has 0 fully saturated rings. The molecule has 2 aromatic carbocycles. The van der Waals surface area contributed by atoms with Gasteiger partial charge in [0.25, 0.3) is 5.91 Å². The van der Waals surface area contributed by atoms with Crippen LogP contribution in [-0.2, 0) is 4.79 Å². The molecule has 0 aliphatic rings. The third-order valence-corrected chi connectivity index (χ3v) is 5.25. The summed E-state index contributed by atoms with van der Waals surface area (Å²) in [4.78, 5) is 27.7. The van der Waals surface area contributed by atoms with Crippen molar-refractivity contribution in [2.24, 2.45) is 5.92 Å². The van der Waals surface area contributed by atoms with Crippen molar-refractivity contribution in [3.05, 3.63) is 71.5 Å². The van der Waals surface area contributed by atoms with Crippen LogP contribution >= 0.6 is 0 Å². The predicted octanol–water partition coefficient (Wildman–Crippen LogP) is 3.78. The lowest BCUT2D eigenvalue weighted by Gasteiger charge is -2.31. The molecule has 0 saturated heterocycles. The number of carbonyl (C=O) groups excluding carboxylic acids is 2. The molecule has 2 aromatic rings. The topological polar surface area (TPSA) is 61.4 Å². The molecule has 2 amide bonds. The van der Waals surface area contributed by atoms with Gasteiger partial charge in [0, 0.05) is 12.1 Å². The molecule has 0 bridgehead atoms. The highest BCUT2D eigenvalue weighted by Gasteiger charge is 2.26. The van der Waals surface area contributed by atoms with Crippen molar-refractivity contribution in [3.63, 3.8) is 0 Å². The van der Waals surface area contributed by atoms with Crippen molar-refractivity contribution >= 4 is 11.8 Å². The molecular weight excluding hydrogens is 381 g/mol. The van der Waals surface area contributed by atoms with Crippen molar-refractivity contribution in [3.8, 4) is 0 Å². The van der Waals surface area contributed by atoms with Crippen LogP contribution in [0.2, 0.25) is 0 Å². The van der Waals surface area contributed by atoms with Crippen LogP contribution in [0.4, 0.5) is 4.39 Å². The van der Waals surface area contributed by atoms with E-state index in [0.717, 1.165) is 18.7 Å². The summed E-state index contributed by atoms with van der Waals surface area (Å²) in [6.45, 7) is 10.1. The Bertz CT molecular complexity index is 805. The van der Waals surface area contributed by atoms with Gasteiger partial charge < -0.3 is 10.6 Å². The molecule has 6 heteroatoms. The Labute approximate surface area is 178 Å². The second kappa shape index (κ2) is 11.5. The van der Waals surface area contributed by atoms with E-state index in [2.05, 4.69) is 41.5 Å². The molecule has 0 aliphatic carbocycles. The van der Waals surface area contributed by atoms with Crippen molar-refractivity contribution in [1.82, 2.24) is 15.5 Å². The summed E-state index contributed by atoms with van der Waals surface area (Å²) < 4.78 is 13.1. The smallest absolute Gasteiger partial charge is 0.251 e. The standard InChI is InChI=1S/C24H32FN3O2/c1-5-28(6-2)21(18-10-8-7-9-11-18)16-26-24(30)22(17(3)4)27-23(29)19-12-14-20(25)15-13-19/h7-15,17,21-22H,5-6,16H2,1-4H3,(H,26,30)(H,27,29)/t21-,22-/m1/s1. The summed E-state index contributed by atoms with van der Waals surface area (Å²) >= 11 is 0. The molecule has 162 valence electrons. The Hall–Kier alpha value is -2.73. The van der Waals surface area contributed by atoms with E-state index < -0.39 is 17.8 Å². The molecule has 0 spiro atoms. The van der Waals surface area contributed by atoms with Gasteiger partial charge >= 0.3 is 0 Å². The van der Waals surface area contributed by atoms with Gasteiger partial charge in [-0.3, -0.25) is 14.5 Å².